The molecule has 0 N–H and O–H groups in total. The standard InChI is InChI=1S/C21H31N3O/c1-22-10-5-11-24(15-14-22)20(25)19-16-21(19)8-12-23(13-9-21)17-18-6-3-2-4-7-18/h2-4,6-7,19H,5,8-17H2,1H3. The van der Waals surface area contributed by atoms with Crippen molar-refractivity contribution in [3.8, 4) is 0 Å². The van der Waals surface area contributed by atoms with Crippen molar-refractivity contribution in [2.24, 2.45) is 11.3 Å². The van der Waals surface area contributed by atoms with Gasteiger partial charge in [-0.25, -0.2) is 0 Å². The number of likely N-dealkylation sites (N-methyl/N-ethyl adjacent to an activating group) is 1. The number of benzene rings is 1. The summed E-state index contributed by atoms with van der Waals surface area (Å²) in [6.07, 6.45) is 4.65. The number of carbonyl (C=O) groups excluding carboxylic acids is 1. The SMILES string of the molecule is CN1CCCN(C(=O)C2CC23CCN(Cc2ccccc2)CC3)CC1. The predicted octanol–water partition coefficient (Wildman–Crippen LogP) is 2.45. The van der Waals surface area contributed by atoms with E-state index in [-0.39, 0.29) is 0 Å². The summed E-state index contributed by atoms with van der Waals surface area (Å²) in [6.45, 7) is 7.35. The highest BCUT2D eigenvalue weighted by atomic mass is 16.2. The lowest BCUT2D eigenvalue weighted by Gasteiger charge is -2.33. The van der Waals surface area contributed by atoms with Crippen molar-refractivity contribution in [2.45, 2.75) is 32.2 Å². The zero-order valence-electron chi connectivity index (χ0n) is 15.5. The van der Waals surface area contributed by atoms with E-state index in [1.807, 2.05) is 0 Å². The molecule has 25 heavy (non-hydrogen) atoms. The largest absolute Gasteiger partial charge is 0.341 e. The van der Waals surface area contributed by atoms with Gasteiger partial charge in [-0.2, -0.15) is 0 Å². The first-order valence-electron chi connectivity index (χ1n) is 9.90. The van der Waals surface area contributed by atoms with Crippen LogP contribution in [0.25, 0.3) is 0 Å². The second-order valence-corrected chi connectivity index (χ2v) is 8.36. The zero-order chi connectivity index (χ0) is 17.3. The van der Waals surface area contributed by atoms with Gasteiger partial charge < -0.3 is 9.80 Å². The van der Waals surface area contributed by atoms with E-state index in [1.165, 1.54) is 18.4 Å². The molecular weight excluding hydrogens is 310 g/mol. The van der Waals surface area contributed by atoms with Crippen molar-refractivity contribution in [1.82, 2.24) is 14.7 Å². The number of amides is 1. The molecule has 2 heterocycles. The van der Waals surface area contributed by atoms with Crippen molar-refractivity contribution in [3.63, 3.8) is 0 Å². The Morgan fingerprint density at radius 3 is 2.56 bits per heavy atom. The minimum Gasteiger partial charge on any atom is -0.341 e. The first kappa shape index (κ1) is 17.0. The molecule has 2 saturated heterocycles. The normalized spacial score (nSPS) is 27.2. The van der Waals surface area contributed by atoms with Crippen LogP contribution in [-0.2, 0) is 11.3 Å². The molecule has 4 nitrogen and oxygen atoms in total. The summed E-state index contributed by atoms with van der Waals surface area (Å²) in [5.41, 5.74) is 1.73. The summed E-state index contributed by atoms with van der Waals surface area (Å²) < 4.78 is 0. The Bertz CT molecular complexity index is 594. The molecule has 4 heteroatoms. The van der Waals surface area contributed by atoms with Crippen molar-refractivity contribution in [2.75, 3.05) is 46.3 Å². The van der Waals surface area contributed by atoms with Crippen LogP contribution in [0.1, 0.15) is 31.2 Å². The molecule has 4 rings (SSSR count). The van der Waals surface area contributed by atoms with Crippen LogP contribution < -0.4 is 0 Å². The lowest BCUT2D eigenvalue weighted by atomic mass is 9.90. The van der Waals surface area contributed by atoms with Crippen molar-refractivity contribution in [3.05, 3.63) is 35.9 Å². The van der Waals surface area contributed by atoms with Gasteiger partial charge >= 0.3 is 0 Å². The minimum atomic E-state index is 0.315. The number of rotatable bonds is 3. The van der Waals surface area contributed by atoms with Gasteiger partial charge in [0.05, 0.1) is 0 Å². The molecule has 1 aliphatic carbocycles. The predicted molar refractivity (Wildman–Crippen MR) is 100 cm³/mol. The van der Waals surface area contributed by atoms with Crippen LogP contribution >= 0.6 is 0 Å². The van der Waals surface area contributed by atoms with Gasteiger partial charge in [0, 0.05) is 32.1 Å². The van der Waals surface area contributed by atoms with Gasteiger partial charge in [0.1, 0.15) is 0 Å². The van der Waals surface area contributed by atoms with Crippen LogP contribution in [0.5, 0.6) is 0 Å². The third kappa shape index (κ3) is 3.75. The first-order chi connectivity index (χ1) is 12.2. The molecule has 1 amide bonds. The molecule has 3 aliphatic rings. The zero-order valence-corrected chi connectivity index (χ0v) is 15.5. The molecule has 0 radical (unpaired) electrons. The molecule has 1 aromatic rings. The van der Waals surface area contributed by atoms with Gasteiger partial charge in [0.2, 0.25) is 5.91 Å². The highest BCUT2D eigenvalue weighted by Gasteiger charge is 2.59. The Balaban J connectivity index is 1.29. The molecule has 3 fully saturated rings. The summed E-state index contributed by atoms with van der Waals surface area (Å²) in [5.74, 6) is 0.765. The van der Waals surface area contributed by atoms with E-state index < -0.39 is 0 Å². The van der Waals surface area contributed by atoms with E-state index in [1.54, 1.807) is 0 Å². The maximum atomic E-state index is 13.0. The van der Waals surface area contributed by atoms with Crippen molar-refractivity contribution in [1.29, 1.82) is 0 Å². The Hall–Kier alpha value is -1.39. The van der Waals surface area contributed by atoms with Crippen LogP contribution in [0.3, 0.4) is 0 Å². The van der Waals surface area contributed by atoms with Crippen LogP contribution in [0.2, 0.25) is 0 Å². The highest BCUT2D eigenvalue weighted by molar-refractivity contribution is 5.82. The third-order valence-corrected chi connectivity index (χ3v) is 6.62. The van der Waals surface area contributed by atoms with Crippen LogP contribution in [-0.4, -0.2) is 66.9 Å². The average molecular weight is 341 g/mol. The van der Waals surface area contributed by atoms with E-state index in [2.05, 4.69) is 52.1 Å². The number of piperidine rings is 1. The third-order valence-electron chi connectivity index (χ3n) is 6.62. The molecule has 1 saturated carbocycles. The van der Waals surface area contributed by atoms with Gasteiger partial charge in [-0.1, -0.05) is 30.3 Å². The average Bonchev–Trinajstić information content (AvgIpc) is 3.38. The van der Waals surface area contributed by atoms with Gasteiger partial charge in [-0.3, -0.25) is 9.69 Å². The Morgan fingerprint density at radius 1 is 1.04 bits per heavy atom. The van der Waals surface area contributed by atoms with E-state index >= 15 is 0 Å². The fourth-order valence-corrected chi connectivity index (χ4v) is 4.73. The lowest BCUT2D eigenvalue weighted by molar-refractivity contribution is -0.133. The summed E-state index contributed by atoms with van der Waals surface area (Å²) >= 11 is 0. The second kappa shape index (κ2) is 7.08. The van der Waals surface area contributed by atoms with Gasteiger partial charge in [0.15, 0.2) is 0 Å². The van der Waals surface area contributed by atoms with Crippen LogP contribution in [0.4, 0.5) is 0 Å². The molecular formula is C21H31N3O. The summed E-state index contributed by atoms with van der Waals surface area (Å²) in [6, 6.07) is 10.7. The second-order valence-electron chi connectivity index (χ2n) is 8.36. The van der Waals surface area contributed by atoms with E-state index in [0.717, 1.165) is 58.7 Å². The number of likely N-dealkylation sites (tertiary alicyclic amines) is 1. The Labute approximate surface area is 151 Å². The van der Waals surface area contributed by atoms with Crippen LogP contribution in [0.15, 0.2) is 30.3 Å². The fourth-order valence-electron chi connectivity index (χ4n) is 4.73. The monoisotopic (exact) mass is 341 g/mol. The molecule has 0 aromatic heterocycles. The minimum absolute atomic E-state index is 0.315. The maximum Gasteiger partial charge on any atom is 0.226 e. The number of nitrogens with zero attached hydrogens (tertiary/aromatic N) is 3. The van der Waals surface area contributed by atoms with Gasteiger partial charge in [-0.15, -0.1) is 0 Å². The maximum absolute atomic E-state index is 13.0. The smallest absolute Gasteiger partial charge is 0.226 e. The molecule has 1 unspecified atom stereocenters. The van der Waals surface area contributed by atoms with Crippen LogP contribution in [0, 0.1) is 11.3 Å². The summed E-state index contributed by atoms with van der Waals surface area (Å²) in [7, 11) is 2.16. The summed E-state index contributed by atoms with van der Waals surface area (Å²) in [4.78, 5) is 20.0. The molecule has 1 spiro atoms. The first-order valence-corrected chi connectivity index (χ1v) is 9.90. The molecule has 2 aliphatic heterocycles. The molecule has 136 valence electrons. The van der Waals surface area contributed by atoms with Crippen molar-refractivity contribution < 1.29 is 4.79 Å². The van der Waals surface area contributed by atoms with E-state index in [4.69, 9.17) is 0 Å². The number of carbonyl (C=O) groups is 1. The van der Waals surface area contributed by atoms with Gasteiger partial charge in [-0.05, 0) is 63.3 Å². The fraction of sp³-hybridized carbons (Fsp3) is 0.667. The molecule has 1 aromatic carbocycles. The summed E-state index contributed by atoms with van der Waals surface area (Å²) in [5, 5.41) is 0. The Morgan fingerprint density at radius 2 is 1.80 bits per heavy atom. The Kier molecular flexibility index (Phi) is 4.83. The topological polar surface area (TPSA) is 26.8 Å². The lowest BCUT2D eigenvalue weighted by Crippen LogP contribution is -2.39. The van der Waals surface area contributed by atoms with Gasteiger partial charge in [0.25, 0.3) is 0 Å². The van der Waals surface area contributed by atoms with E-state index in [9.17, 15) is 4.79 Å². The van der Waals surface area contributed by atoms with E-state index in [0.29, 0.717) is 17.2 Å². The number of hydrogen-bond donors (Lipinski definition) is 0. The van der Waals surface area contributed by atoms with Crippen molar-refractivity contribution >= 4 is 5.91 Å². The highest BCUT2D eigenvalue weighted by Crippen LogP contribution is 2.60. The molecule has 0 bridgehead atoms. The number of hydrogen-bond acceptors (Lipinski definition) is 3. The molecule has 1 atom stereocenters. The quantitative estimate of drug-likeness (QED) is 0.845.